The Bertz CT molecular complexity index is 997. The number of aryl methyl sites for hydroxylation is 1. The topological polar surface area (TPSA) is 48.5 Å². The van der Waals surface area contributed by atoms with Crippen LogP contribution in [-0.2, 0) is 6.42 Å². The molecule has 0 radical (unpaired) electrons. The van der Waals surface area contributed by atoms with E-state index < -0.39 is 0 Å². The van der Waals surface area contributed by atoms with E-state index in [0.717, 1.165) is 54.3 Å². The predicted molar refractivity (Wildman–Crippen MR) is 124 cm³/mol. The number of aromatic nitrogens is 1. The number of piperazine rings is 1. The van der Waals surface area contributed by atoms with Crippen LogP contribution in [0.2, 0.25) is 0 Å². The number of amides is 1. The molecule has 7 heteroatoms. The second-order valence-electron chi connectivity index (χ2n) is 7.21. The first-order chi connectivity index (χ1) is 14.1. The van der Waals surface area contributed by atoms with Crippen LogP contribution in [0.5, 0.6) is 0 Å². The molecular formula is C22H25BrN4OS. The summed E-state index contributed by atoms with van der Waals surface area (Å²) < 4.78 is 2.19. The van der Waals surface area contributed by atoms with Gasteiger partial charge in [-0.15, -0.1) is 0 Å². The number of carbonyl (C=O) groups excluding carboxylic acids is 1. The predicted octanol–water partition coefficient (Wildman–Crippen LogP) is 4.17. The second kappa shape index (κ2) is 9.24. The number of anilines is 1. The number of hydrogen-bond acceptors (Lipinski definition) is 5. The van der Waals surface area contributed by atoms with Crippen LogP contribution in [0.4, 0.5) is 5.13 Å². The van der Waals surface area contributed by atoms with Crippen molar-refractivity contribution >= 4 is 48.5 Å². The first kappa shape index (κ1) is 20.3. The van der Waals surface area contributed by atoms with Gasteiger partial charge in [-0.2, -0.15) is 0 Å². The maximum atomic E-state index is 12.2. The first-order valence-electron chi connectivity index (χ1n) is 10.0. The quantitative estimate of drug-likeness (QED) is 0.584. The number of thiazole rings is 1. The fourth-order valence-corrected chi connectivity index (χ4v) is 5.10. The number of nitrogens with zero attached hydrogens (tertiary/aromatic N) is 3. The van der Waals surface area contributed by atoms with E-state index in [4.69, 9.17) is 4.98 Å². The maximum Gasteiger partial charge on any atom is 0.251 e. The highest BCUT2D eigenvalue weighted by Gasteiger charge is 2.20. The minimum Gasteiger partial charge on any atom is -0.351 e. The smallest absolute Gasteiger partial charge is 0.251 e. The van der Waals surface area contributed by atoms with Crippen LogP contribution in [0.1, 0.15) is 22.8 Å². The molecule has 2 heterocycles. The average Bonchev–Trinajstić information content (AvgIpc) is 3.18. The fourth-order valence-electron chi connectivity index (χ4n) is 3.64. The number of rotatable bonds is 6. The van der Waals surface area contributed by atoms with Gasteiger partial charge in [-0.1, -0.05) is 52.4 Å². The number of benzene rings is 2. The van der Waals surface area contributed by atoms with Crippen molar-refractivity contribution in [2.45, 2.75) is 13.3 Å². The molecule has 29 heavy (non-hydrogen) atoms. The van der Waals surface area contributed by atoms with Crippen molar-refractivity contribution < 1.29 is 4.79 Å². The number of para-hydroxylation sites is 1. The molecule has 1 aliphatic rings. The van der Waals surface area contributed by atoms with Crippen LogP contribution in [0.3, 0.4) is 0 Å². The van der Waals surface area contributed by atoms with Crippen molar-refractivity contribution in [3.8, 4) is 0 Å². The third-order valence-corrected chi connectivity index (χ3v) is 6.89. The Labute approximate surface area is 183 Å². The summed E-state index contributed by atoms with van der Waals surface area (Å²) in [4.78, 5) is 22.0. The van der Waals surface area contributed by atoms with Crippen LogP contribution in [-0.4, -0.2) is 55.1 Å². The highest BCUT2D eigenvalue weighted by Crippen LogP contribution is 2.31. The van der Waals surface area contributed by atoms with Crippen LogP contribution in [0.15, 0.2) is 46.9 Å². The number of fused-ring (bicyclic) bond motifs is 1. The molecule has 1 saturated heterocycles. The molecular weight excluding hydrogens is 448 g/mol. The van der Waals surface area contributed by atoms with Gasteiger partial charge in [0.1, 0.15) is 0 Å². The summed E-state index contributed by atoms with van der Waals surface area (Å²) in [7, 11) is 0. The van der Waals surface area contributed by atoms with Gasteiger partial charge in [0.05, 0.1) is 10.2 Å². The Kier molecular flexibility index (Phi) is 6.47. The van der Waals surface area contributed by atoms with Gasteiger partial charge in [-0.25, -0.2) is 4.98 Å². The summed E-state index contributed by atoms with van der Waals surface area (Å²) in [5, 5.41) is 4.15. The normalized spacial score (nSPS) is 15.0. The summed E-state index contributed by atoms with van der Waals surface area (Å²) in [6, 6.07) is 13.9. The second-order valence-corrected chi connectivity index (χ2v) is 9.13. The number of halogens is 1. The van der Waals surface area contributed by atoms with Gasteiger partial charge < -0.3 is 10.2 Å². The summed E-state index contributed by atoms with van der Waals surface area (Å²) in [5.74, 6) is -0.0221. The zero-order chi connectivity index (χ0) is 20.2. The third-order valence-electron chi connectivity index (χ3n) is 5.32. The molecule has 0 spiro atoms. The van der Waals surface area contributed by atoms with Gasteiger partial charge in [-0.3, -0.25) is 9.69 Å². The molecule has 0 bridgehead atoms. The van der Waals surface area contributed by atoms with Gasteiger partial charge in [-0.05, 0) is 36.2 Å². The summed E-state index contributed by atoms with van der Waals surface area (Å²) >= 11 is 5.20. The van der Waals surface area contributed by atoms with Crippen LogP contribution >= 0.6 is 27.3 Å². The molecule has 3 aromatic rings. The van der Waals surface area contributed by atoms with E-state index >= 15 is 0 Å². The van der Waals surface area contributed by atoms with E-state index in [1.807, 2.05) is 24.3 Å². The zero-order valence-electron chi connectivity index (χ0n) is 16.5. The molecule has 1 aromatic heterocycles. The van der Waals surface area contributed by atoms with Crippen LogP contribution < -0.4 is 10.2 Å². The Morgan fingerprint density at radius 3 is 2.72 bits per heavy atom. The van der Waals surface area contributed by atoms with Crippen molar-refractivity contribution in [3.05, 3.63) is 58.1 Å². The number of carbonyl (C=O) groups is 1. The first-order valence-corrected chi connectivity index (χ1v) is 11.6. The summed E-state index contributed by atoms with van der Waals surface area (Å²) in [5.41, 5.74) is 3.17. The molecule has 1 aliphatic heterocycles. The third kappa shape index (κ3) is 4.79. The van der Waals surface area contributed by atoms with Crippen molar-refractivity contribution in [3.63, 3.8) is 0 Å². The SMILES string of the molecule is CCc1cccc2sc(N3CCN(CCNC(=O)c4cccc(Br)c4)CC3)nc12. The Hall–Kier alpha value is -1.96. The van der Waals surface area contributed by atoms with E-state index in [-0.39, 0.29) is 5.91 Å². The van der Waals surface area contributed by atoms with E-state index in [1.54, 1.807) is 11.3 Å². The van der Waals surface area contributed by atoms with Crippen molar-refractivity contribution in [1.82, 2.24) is 15.2 Å². The molecule has 0 saturated carbocycles. The highest BCUT2D eigenvalue weighted by atomic mass is 79.9. The minimum atomic E-state index is -0.0221. The zero-order valence-corrected chi connectivity index (χ0v) is 18.9. The van der Waals surface area contributed by atoms with Crippen molar-refractivity contribution in [1.29, 1.82) is 0 Å². The van der Waals surface area contributed by atoms with Crippen molar-refractivity contribution in [2.75, 3.05) is 44.2 Å². The summed E-state index contributed by atoms with van der Waals surface area (Å²) in [6.45, 7) is 7.63. The molecule has 2 aromatic carbocycles. The van der Waals surface area contributed by atoms with Gasteiger partial charge in [0.15, 0.2) is 5.13 Å². The molecule has 0 aliphatic carbocycles. The van der Waals surface area contributed by atoms with E-state index in [9.17, 15) is 4.79 Å². The van der Waals surface area contributed by atoms with Gasteiger partial charge in [0.2, 0.25) is 0 Å². The van der Waals surface area contributed by atoms with Crippen LogP contribution in [0, 0.1) is 0 Å². The summed E-state index contributed by atoms with van der Waals surface area (Å²) in [6.07, 6.45) is 1.01. The highest BCUT2D eigenvalue weighted by molar-refractivity contribution is 9.10. The number of nitrogens with one attached hydrogen (secondary N) is 1. The van der Waals surface area contributed by atoms with E-state index in [2.05, 4.69) is 56.2 Å². The largest absolute Gasteiger partial charge is 0.351 e. The van der Waals surface area contributed by atoms with E-state index in [0.29, 0.717) is 12.1 Å². The maximum absolute atomic E-state index is 12.2. The molecule has 1 fully saturated rings. The van der Waals surface area contributed by atoms with Gasteiger partial charge >= 0.3 is 0 Å². The van der Waals surface area contributed by atoms with Crippen molar-refractivity contribution in [2.24, 2.45) is 0 Å². The monoisotopic (exact) mass is 472 g/mol. The molecule has 5 nitrogen and oxygen atoms in total. The van der Waals surface area contributed by atoms with Crippen LogP contribution in [0.25, 0.3) is 10.2 Å². The standard InChI is InChI=1S/C22H25BrN4OS/c1-2-16-5-4-8-19-20(16)25-22(29-19)27-13-11-26(12-14-27)10-9-24-21(28)17-6-3-7-18(23)15-17/h3-8,15H,2,9-14H2,1H3,(H,24,28). The molecule has 4 rings (SSSR count). The Balaban J connectivity index is 1.27. The van der Waals surface area contributed by atoms with E-state index in [1.165, 1.54) is 10.3 Å². The Morgan fingerprint density at radius 1 is 1.17 bits per heavy atom. The van der Waals surface area contributed by atoms with Gasteiger partial charge in [0, 0.05) is 49.3 Å². The fraction of sp³-hybridized carbons (Fsp3) is 0.364. The lowest BCUT2D eigenvalue weighted by Gasteiger charge is -2.34. The molecule has 0 atom stereocenters. The number of hydrogen-bond donors (Lipinski definition) is 1. The lowest BCUT2D eigenvalue weighted by atomic mass is 10.1. The molecule has 1 N–H and O–H groups in total. The Morgan fingerprint density at radius 2 is 1.97 bits per heavy atom. The molecule has 152 valence electrons. The minimum absolute atomic E-state index is 0.0221. The molecule has 1 amide bonds. The lowest BCUT2D eigenvalue weighted by molar-refractivity contribution is 0.0947. The lowest BCUT2D eigenvalue weighted by Crippen LogP contribution is -2.48. The van der Waals surface area contributed by atoms with Gasteiger partial charge in [0.25, 0.3) is 5.91 Å². The molecule has 0 unspecified atom stereocenters. The average molecular weight is 473 g/mol.